The molecule has 1 atom stereocenters. The third kappa shape index (κ3) is 4.25. The van der Waals surface area contributed by atoms with Crippen molar-refractivity contribution in [2.45, 2.75) is 25.4 Å². The first-order chi connectivity index (χ1) is 10.4. The standard InChI is InChI=1S/C14H17F3N2O3/c15-14(16,17)10-3-1-7-19(9-10)12(20)5-6-18-13(21)11-4-2-8-22-11/h2,4,8,10H,1,3,5-7,9H2,(H,18,21)/t10-/m1/s1. The van der Waals surface area contributed by atoms with Crippen LogP contribution in [0.2, 0.25) is 0 Å². The number of rotatable bonds is 4. The number of carbonyl (C=O) groups excluding carboxylic acids is 2. The van der Waals surface area contributed by atoms with Gasteiger partial charge in [0.1, 0.15) is 0 Å². The molecule has 0 saturated carbocycles. The van der Waals surface area contributed by atoms with Crippen LogP contribution in [0.5, 0.6) is 0 Å². The molecule has 22 heavy (non-hydrogen) atoms. The summed E-state index contributed by atoms with van der Waals surface area (Å²) < 4.78 is 43.0. The molecule has 1 aliphatic rings. The fourth-order valence-corrected chi connectivity index (χ4v) is 2.41. The molecule has 2 rings (SSSR count). The molecule has 1 aromatic heterocycles. The zero-order chi connectivity index (χ0) is 16.2. The Kier molecular flexibility index (Phi) is 5.10. The summed E-state index contributed by atoms with van der Waals surface area (Å²) in [6.45, 7) is 0.0948. The van der Waals surface area contributed by atoms with Crippen molar-refractivity contribution in [1.82, 2.24) is 10.2 Å². The molecule has 8 heteroatoms. The van der Waals surface area contributed by atoms with Crippen LogP contribution in [0.3, 0.4) is 0 Å². The van der Waals surface area contributed by atoms with E-state index in [0.29, 0.717) is 13.0 Å². The van der Waals surface area contributed by atoms with E-state index in [2.05, 4.69) is 5.32 Å². The maximum absolute atomic E-state index is 12.7. The zero-order valence-corrected chi connectivity index (χ0v) is 11.9. The maximum Gasteiger partial charge on any atom is 0.393 e. The van der Waals surface area contributed by atoms with E-state index in [-0.39, 0.29) is 37.6 Å². The number of halogens is 3. The molecule has 1 aliphatic heterocycles. The Balaban J connectivity index is 1.76. The Morgan fingerprint density at radius 1 is 1.41 bits per heavy atom. The zero-order valence-electron chi connectivity index (χ0n) is 11.9. The summed E-state index contributed by atoms with van der Waals surface area (Å²) in [5.41, 5.74) is 0. The second kappa shape index (κ2) is 6.85. The molecule has 1 fully saturated rings. The van der Waals surface area contributed by atoms with Crippen LogP contribution in [-0.4, -0.2) is 42.5 Å². The van der Waals surface area contributed by atoms with Gasteiger partial charge in [0.2, 0.25) is 5.91 Å². The predicted octanol–water partition coefficient (Wildman–Crippen LogP) is 2.20. The van der Waals surface area contributed by atoms with Gasteiger partial charge in [-0.05, 0) is 25.0 Å². The monoisotopic (exact) mass is 318 g/mol. The first-order valence-electron chi connectivity index (χ1n) is 7.04. The number of nitrogens with zero attached hydrogens (tertiary/aromatic N) is 1. The SMILES string of the molecule is O=C(NCCC(=O)N1CCC[C@@H](C(F)(F)F)C1)c1ccco1. The molecule has 0 radical (unpaired) electrons. The van der Waals surface area contributed by atoms with E-state index in [1.165, 1.54) is 17.2 Å². The number of furan rings is 1. The van der Waals surface area contributed by atoms with Crippen molar-refractivity contribution >= 4 is 11.8 Å². The van der Waals surface area contributed by atoms with Gasteiger partial charge in [-0.2, -0.15) is 13.2 Å². The van der Waals surface area contributed by atoms with E-state index in [9.17, 15) is 22.8 Å². The number of amides is 2. The highest BCUT2D eigenvalue weighted by atomic mass is 19.4. The lowest BCUT2D eigenvalue weighted by atomic mass is 9.97. The highest BCUT2D eigenvalue weighted by molar-refractivity contribution is 5.91. The summed E-state index contributed by atoms with van der Waals surface area (Å²) in [6.07, 6.45) is -2.55. The van der Waals surface area contributed by atoms with Crippen LogP contribution in [0.25, 0.3) is 0 Å². The van der Waals surface area contributed by atoms with Crippen LogP contribution in [-0.2, 0) is 4.79 Å². The summed E-state index contributed by atoms with van der Waals surface area (Å²) in [4.78, 5) is 24.7. The summed E-state index contributed by atoms with van der Waals surface area (Å²) in [6, 6.07) is 3.04. The Morgan fingerprint density at radius 2 is 2.18 bits per heavy atom. The van der Waals surface area contributed by atoms with Gasteiger partial charge in [-0.3, -0.25) is 9.59 Å². The lowest BCUT2D eigenvalue weighted by Gasteiger charge is -2.33. The average Bonchev–Trinajstić information content (AvgIpc) is 3.00. The van der Waals surface area contributed by atoms with Crippen molar-refractivity contribution in [3.63, 3.8) is 0 Å². The van der Waals surface area contributed by atoms with Gasteiger partial charge < -0.3 is 14.6 Å². The van der Waals surface area contributed by atoms with Gasteiger partial charge in [0.05, 0.1) is 12.2 Å². The molecule has 0 aromatic carbocycles. The third-order valence-electron chi connectivity index (χ3n) is 3.61. The topological polar surface area (TPSA) is 62.6 Å². The fourth-order valence-electron chi connectivity index (χ4n) is 2.41. The van der Waals surface area contributed by atoms with Crippen LogP contribution in [0.4, 0.5) is 13.2 Å². The first kappa shape index (κ1) is 16.4. The second-order valence-corrected chi connectivity index (χ2v) is 5.20. The van der Waals surface area contributed by atoms with Gasteiger partial charge in [0, 0.05) is 26.1 Å². The first-order valence-corrected chi connectivity index (χ1v) is 7.04. The lowest BCUT2D eigenvalue weighted by molar-refractivity contribution is -0.188. The molecule has 2 heterocycles. The number of piperidine rings is 1. The molecule has 1 aromatic rings. The maximum atomic E-state index is 12.7. The number of nitrogens with one attached hydrogen (secondary N) is 1. The molecule has 122 valence electrons. The van der Waals surface area contributed by atoms with Gasteiger partial charge in [-0.1, -0.05) is 0 Å². The quantitative estimate of drug-likeness (QED) is 0.926. The van der Waals surface area contributed by atoms with Crippen LogP contribution in [0.1, 0.15) is 29.8 Å². The number of likely N-dealkylation sites (tertiary alicyclic amines) is 1. The van der Waals surface area contributed by atoms with Crippen molar-refractivity contribution in [1.29, 1.82) is 0 Å². The molecule has 5 nitrogen and oxygen atoms in total. The number of alkyl halides is 3. The van der Waals surface area contributed by atoms with Crippen molar-refractivity contribution < 1.29 is 27.2 Å². The minimum atomic E-state index is -4.27. The summed E-state index contributed by atoms with van der Waals surface area (Å²) in [7, 11) is 0. The summed E-state index contributed by atoms with van der Waals surface area (Å²) in [5.74, 6) is -2.16. The van der Waals surface area contributed by atoms with Crippen molar-refractivity contribution in [3.8, 4) is 0 Å². The van der Waals surface area contributed by atoms with Crippen LogP contribution in [0, 0.1) is 5.92 Å². The largest absolute Gasteiger partial charge is 0.459 e. The molecule has 0 unspecified atom stereocenters. The lowest BCUT2D eigenvalue weighted by Crippen LogP contribution is -2.45. The molecule has 1 N–H and O–H groups in total. The van der Waals surface area contributed by atoms with Gasteiger partial charge in [0.15, 0.2) is 5.76 Å². The van der Waals surface area contributed by atoms with Crippen molar-refractivity contribution in [2.75, 3.05) is 19.6 Å². The summed E-state index contributed by atoms with van der Waals surface area (Å²) in [5, 5.41) is 2.49. The van der Waals surface area contributed by atoms with E-state index in [1.807, 2.05) is 0 Å². The molecule has 2 amide bonds. The van der Waals surface area contributed by atoms with Gasteiger partial charge in [-0.25, -0.2) is 0 Å². The van der Waals surface area contributed by atoms with Crippen LogP contribution >= 0.6 is 0 Å². The van der Waals surface area contributed by atoms with E-state index in [4.69, 9.17) is 4.42 Å². The second-order valence-electron chi connectivity index (χ2n) is 5.20. The minimum Gasteiger partial charge on any atom is -0.459 e. The summed E-state index contributed by atoms with van der Waals surface area (Å²) >= 11 is 0. The van der Waals surface area contributed by atoms with E-state index in [0.717, 1.165) is 0 Å². The number of hydrogen-bond acceptors (Lipinski definition) is 3. The Hall–Kier alpha value is -1.99. The Labute approximate surface area is 125 Å². The minimum absolute atomic E-state index is 0.0307. The van der Waals surface area contributed by atoms with Crippen molar-refractivity contribution in [2.24, 2.45) is 5.92 Å². The fraction of sp³-hybridized carbons (Fsp3) is 0.571. The van der Waals surface area contributed by atoms with E-state index in [1.54, 1.807) is 6.07 Å². The number of carbonyl (C=O) groups is 2. The van der Waals surface area contributed by atoms with Gasteiger partial charge in [0.25, 0.3) is 5.91 Å². The van der Waals surface area contributed by atoms with Crippen LogP contribution < -0.4 is 5.32 Å². The highest BCUT2D eigenvalue weighted by Gasteiger charge is 2.42. The normalized spacial score (nSPS) is 19.0. The van der Waals surface area contributed by atoms with E-state index >= 15 is 0 Å². The molecule has 0 bridgehead atoms. The Morgan fingerprint density at radius 3 is 2.82 bits per heavy atom. The van der Waals surface area contributed by atoms with Crippen LogP contribution in [0.15, 0.2) is 22.8 Å². The van der Waals surface area contributed by atoms with Gasteiger partial charge >= 0.3 is 6.18 Å². The van der Waals surface area contributed by atoms with E-state index < -0.39 is 18.0 Å². The molecular weight excluding hydrogens is 301 g/mol. The molecule has 0 spiro atoms. The van der Waals surface area contributed by atoms with Gasteiger partial charge in [-0.15, -0.1) is 0 Å². The number of hydrogen-bond donors (Lipinski definition) is 1. The molecular formula is C14H17F3N2O3. The highest BCUT2D eigenvalue weighted by Crippen LogP contribution is 2.33. The third-order valence-corrected chi connectivity index (χ3v) is 3.61. The predicted molar refractivity (Wildman–Crippen MR) is 71.0 cm³/mol. The molecule has 0 aliphatic carbocycles. The smallest absolute Gasteiger partial charge is 0.393 e. The average molecular weight is 318 g/mol. The molecule has 1 saturated heterocycles. The Bertz CT molecular complexity index is 514. The van der Waals surface area contributed by atoms with Crippen molar-refractivity contribution in [3.05, 3.63) is 24.2 Å².